The Kier molecular flexibility index (Phi) is 4.97. The number of benzene rings is 1. The van der Waals surface area contributed by atoms with E-state index in [4.69, 9.17) is 5.73 Å². The van der Waals surface area contributed by atoms with Crippen molar-refractivity contribution in [1.82, 2.24) is 15.2 Å². The fourth-order valence-electron chi connectivity index (χ4n) is 4.81. The van der Waals surface area contributed by atoms with Crippen LogP contribution >= 0.6 is 0 Å². The van der Waals surface area contributed by atoms with Crippen molar-refractivity contribution in [2.45, 2.75) is 36.8 Å². The quantitative estimate of drug-likeness (QED) is 0.809. The number of amides is 3. The number of nitrogens with zero attached hydrogens (tertiary/aromatic N) is 3. The maximum atomic E-state index is 14.5. The van der Waals surface area contributed by atoms with Crippen LogP contribution in [-0.2, 0) is 5.54 Å². The Hall–Kier alpha value is -3.00. The minimum atomic E-state index is -0.761. The van der Waals surface area contributed by atoms with E-state index in [1.165, 1.54) is 16.7 Å². The maximum absolute atomic E-state index is 14.5. The highest BCUT2D eigenvalue weighted by Crippen LogP contribution is 2.46. The number of urea groups is 1. The van der Waals surface area contributed by atoms with Gasteiger partial charge in [-0.3, -0.25) is 14.6 Å². The molecule has 0 unspecified atom stereocenters. The predicted molar refractivity (Wildman–Crippen MR) is 112 cm³/mol. The zero-order chi connectivity index (χ0) is 21.5. The van der Waals surface area contributed by atoms with Gasteiger partial charge >= 0.3 is 6.03 Å². The third kappa shape index (κ3) is 3.31. The van der Waals surface area contributed by atoms with E-state index in [0.717, 1.165) is 31.7 Å². The number of primary amides is 1. The van der Waals surface area contributed by atoms with Gasteiger partial charge in [0.15, 0.2) is 11.6 Å². The molecular weight excluding hydrogens is 385 g/mol. The van der Waals surface area contributed by atoms with Gasteiger partial charge in [-0.25, -0.2) is 14.2 Å². The number of aromatic nitrogens is 1. The number of carbonyl (C=O) groups is 2. The van der Waals surface area contributed by atoms with Crippen LogP contribution in [0.3, 0.4) is 0 Å². The molecule has 4 rings (SSSR count). The van der Waals surface area contributed by atoms with Gasteiger partial charge in [0.05, 0.1) is 17.6 Å². The van der Waals surface area contributed by atoms with E-state index in [0.29, 0.717) is 6.54 Å². The van der Waals surface area contributed by atoms with Crippen LogP contribution in [0, 0.1) is 5.82 Å². The van der Waals surface area contributed by atoms with Crippen LogP contribution in [0.15, 0.2) is 42.6 Å². The van der Waals surface area contributed by atoms with Gasteiger partial charge in [0.25, 0.3) is 0 Å². The number of nitrogens with one attached hydrogen (secondary N) is 1. The number of anilines is 1. The molecule has 1 aliphatic carbocycles. The summed E-state index contributed by atoms with van der Waals surface area (Å²) in [5.74, 6) is -1.58. The molecule has 2 fully saturated rings. The summed E-state index contributed by atoms with van der Waals surface area (Å²) in [5, 5.41) is 3.08. The molecule has 2 heterocycles. The van der Waals surface area contributed by atoms with Gasteiger partial charge in [-0.05, 0) is 51.4 Å². The van der Waals surface area contributed by atoms with Gasteiger partial charge in [-0.2, -0.15) is 0 Å². The van der Waals surface area contributed by atoms with Crippen molar-refractivity contribution in [3.63, 3.8) is 0 Å². The van der Waals surface area contributed by atoms with Gasteiger partial charge < -0.3 is 11.1 Å². The smallest absolute Gasteiger partial charge is 0.323 e. The first kappa shape index (κ1) is 20.3. The lowest BCUT2D eigenvalue weighted by atomic mass is 9.69. The summed E-state index contributed by atoms with van der Waals surface area (Å²) in [5.41, 5.74) is 5.89. The monoisotopic (exact) mass is 411 g/mol. The molecule has 158 valence electrons. The standard InChI is InChI=1S/C22H26FN5O2/c1-27(2)22(16-6-4-3-5-7-16)10-8-21(9-11-22)14-28(20(30)26-21)19-17(23)12-15(13-25-19)18(24)29/h3-7,12-13H,8-11,14H2,1-2H3,(H2,24,29)(H,26,30). The van der Waals surface area contributed by atoms with E-state index in [-0.39, 0.29) is 23.0 Å². The Balaban J connectivity index is 1.56. The summed E-state index contributed by atoms with van der Waals surface area (Å²) >= 11 is 0. The number of pyridine rings is 1. The number of hydrogen-bond donors (Lipinski definition) is 2. The van der Waals surface area contributed by atoms with Crippen molar-refractivity contribution in [1.29, 1.82) is 0 Å². The Morgan fingerprint density at radius 3 is 2.43 bits per heavy atom. The zero-order valence-corrected chi connectivity index (χ0v) is 17.2. The van der Waals surface area contributed by atoms with Crippen LogP contribution in [0.25, 0.3) is 0 Å². The van der Waals surface area contributed by atoms with Crippen molar-refractivity contribution >= 4 is 17.8 Å². The first-order valence-corrected chi connectivity index (χ1v) is 10.0. The molecule has 1 spiro atoms. The highest BCUT2D eigenvalue weighted by Gasteiger charge is 2.50. The molecule has 0 bridgehead atoms. The molecule has 30 heavy (non-hydrogen) atoms. The Bertz CT molecular complexity index is 971. The van der Waals surface area contributed by atoms with Gasteiger partial charge in [-0.1, -0.05) is 30.3 Å². The summed E-state index contributed by atoms with van der Waals surface area (Å²) in [6.45, 7) is 0.337. The third-order valence-corrected chi connectivity index (χ3v) is 6.64. The molecular formula is C22H26FN5O2. The van der Waals surface area contributed by atoms with Crippen molar-refractivity contribution in [3.05, 3.63) is 59.5 Å². The van der Waals surface area contributed by atoms with Gasteiger partial charge in [0.1, 0.15) is 0 Å². The summed E-state index contributed by atoms with van der Waals surface area (Å²) in [7, 11) is 4.17. The number of halogens is 1. The summed E-state index contributed by atoms with van der Waals surface area (Å²) < 4.78 is 14.5. The molecule has 1 saturated heterocycles. The topological polar surface area (TPSA) is 91.6 Å². The molecule has 1 saturated carbocycles. The molecule has 8 heteroatoms. The third-order valence-electron chi connectivity index (χ3n) is 6.64. The SMILES string of the molecule is CN(C)C1(c2ccccc2)CCC2(CC1)CN(c1ncc(C(N)=O)cc1F)C(=O)N2. The second-order valence-electron chi connectivity index (χ2n) is 8.48. The Labute approximate surface area is 175 Å². The second-order valence-corrected chi connectivity index (χ2v) is 8.48. The van der Waals surface area contributed by atoms with Crippen LogP contribution in [0.5, 0.6) is 0 Å². The van der Waals surface area contributed by atoms with E-state index in [1.807, 2.05) is 18.2 Å². The van der Waals surface area contributed by atoms with E-state index in [2.05, 4.69) is 41.4 Å². The molecule has 1 aliphatic heterocycles. The van der Waals surface area contributed by atoms with Crippen LogP contribution in [-0.4, -0.2) is 48.0 Å². The van der Waals surface area contributed by atoms with E-state index in [1.54, 1.807) is 0 Å². The molecule has 1 aromatic carbocycles. The largest absolute Gasteiger partial charge is 0.366 e. The lowest BCUT2D eigenvalue weighted by molar-refractivity contribution is 0.0657. The van der Waals surface area contributed by atoms with Crippen LogP contribution < -0.4 is 16.0 Å². The summed E-state index contributed by atoms with van der Waals surface area (Å²) in [6.07, 6.45) is 4.47. The van der Waals surface area contributed by atoms with Crippen molar-refractivity contribution in [2.75, 3.05) is 25.5 Å². The van der Waals surface area contributed by atoms with E-state index in [9.17, 15) is 14.0 Å². The molecule has 0 radical (unpaired) electrons. The summed E-state index contributed by atoms with van der Waals surface area (Å²) in [4.78, 5) is 31.5. The lowest BCUT2D eigenvalue weighted by Crippen LogP contribution is -2.54. The van der Waals surface area contributed by atoms with Crippen molar-refractivity contribution in [2.24, 2.45) is 5.73 Å². The average Bonchev–Trinajstić information content (AvgIpc) is 3.04. The van der Waals surface area contributed by atoms with Crippen LogP contribution in [0.2, 0.25) is 0 Å². The van der Waals surface area contributed by atoms with E-state index < -0.39 is 17.3 Å². The molecule has 3 N–H and O–H groups in total. The van der Waals surface area contributed by atoms with Crippen molar-refractivity contribution in [3.8, 4) is 0 Å². The molecule has 1 aromatic heterocycles. The molecule has 7 nitrogen and oxygen atoms in total. The highest BCUT2D eigenvalue weighted by molar-refractivity contribution is 5.96. The van der Waals surface area contributed by atoms with Crippen molar-refractivity contribution < 1.29 is 14.0 Å². The molecule has 0 atom stereocenters. The Morgan fingerprint density at radius 1 is 1.20 bits per heavy atom. The molecule has 2 aliphatic rings. The second kappa shape index (κ2) is 7.36. The summed E-state index contributed by atoms with van der Waals surface area (Å²) in [6, 6.07) is 11.1. The number of hydrogen-bond acceptors (Lipinski definition) is 4. The number of rotatable bonds is 4. The van der Waals surface area contributed by atoms with Crippen LogP contribution in [0.4, 0.5) is 15.0 Å². The minimum Gasteiger partial charge on any atom is -0.366 e. The molecule has 2 aromatic rings. The maximum Gasteiger partial charge on any atom is 0.323 e. The number of carbonyl (C=O) groups excluding carboxylic acids is 2. The zero-order valence-electron chi connectivity index (χ0n) is 17.2. The lowest BCUT2D eigenvalue weighted by Gasteiger charge is -2.48. The fraction of sp³-hybridized carbons (Fsp3) is 0.409. The minimum absolute atomic E-state index is 0.0261. The first-order valence-electron chi connectivity index (χ1n) is 10.0. The Morgan fingerprint density at radius 2 is 1.87 bits per heavy atom. The van der Waals surface area contributed by atoms with Gasteiger partial charge in [0.2, 0.25) is 5.91 Å². The number of nitrogens with two attached hydrogens (primary N) is 1. The van der Waals surface area contributed by atoms with Gasteiger partial charge in [-0.15, -0.1) is 0 Å². The fourth-order valence-corrected chi connectivity index (χ4v) is 4.81. The van der Waals surface area contributed by atoms with E-state index >= 15 is 0 Å². The predicted octanol–water partition coefficient (Wildman–Crippen LogP) is 2.62. The highest BCUT2D eigenvalue weighted by atomic mass is 19.1. The average molecular weight is 411 g/mol. The van der Waals surface area contributed by atoms with Crippen LogP contribution in [0.1, 0.15) is 41.6 Å². The first-order chi connectivity index (χ1) is 14.3. The van der Waals surface area contributed by atoms with Gasteiger partial charge in [0, 0.05) is 11.7 Å². The normalized spacial score (nSPS) is 26.3. The molecule has 3 amide bonds.